The molecule has 1 nitrogen and oxygen atoms in total. The first kappa shape index (κ1) is 9.41. The number of aldehydes is 1. The average Bonchev–Trinajstić information content (AvgIpc) is 1.88. The van der Waals surface area contributed by atoms with Crippen molar-refractivity contribution in [1.82, 2.24) is 0 Å². The fourth-order valence-corrected chi connectivity index (χ4v) is 1.03. The van der Waals surface area contributed by atoms with Crippen molar-refractivity contribution in [3.8, 4) is 0 Å². The summed E-state index contributed by atoms with van der Waals surface area (Å²) >= 11 is 0. The standard InChI is InChI=1S/C9H16O/c1-4-5-8(2)6-9(3)7-10/h6-8H,4-5H2,1-3H3. The second kappa shape index (κ2) is 5.21. The number of rotatable bonds is 4. The third kappa shape index (κ3) is 4.30. The second-order valence-corrected chi connectivity index (χ2v) is 2.79. The summed E-state index contributed by atoms with van der Waals surface area (Å²) < 4.78 is 0. The van der Waals surface area contributed by atoms with Crippen molar-refractivity contribution in [2.45, 2.75) is 33.6 Å². The van der Waals surface area contributed by atoms with Crippen LogP contribution in [0.3, 0.4) is 0 Å². The van der Waals surface area contributed by atoms with E-state index in [4.69, 9.17) is 0 Å². The molecule has 0 N–H and O–H groups in total. The Balaban J connectivity index is 3.73. The quantitative estimate of drug-likeness (QED) is 0.433. The highest BCUT2D eigenvalue weighted by Crippen LogP contribution is 2.07. The summed E-state index contributed by atoms with van der Waals surface area (Å²) in [4.78, 5) is 10.2. The van der Waals surface area contributed by atoms with E-state index in [1.807, 2.05) is 13.0 Å². The zero-order valence-corrected chi connectivity index (χ0v) is 7.05. The van der Waals surface area contributed by atoms with Gasteiger partial charge in [0.2, 0.25) is 0 Å². The van der Waals surface area contributed by atoms with E-state index in [-0.39, 0.29) is 0 Å². The number of carbonyl (C=O) groups is 1. The van der Waals surface area contributed by atoms with Gasteiger partial charge in [-0.25, -0.2) is 0 Å². The zero-order chi connectivity index (χ0) is 7.98. The molecule has 0 fully saturated rings. The molecular weight excluding hydrogens is 124 g/mol. The second-order valence-electron chi connectivity index (χ2n) is 2.79. The Hall–Kier alpha value is -0.590. The van der Waals surface area contributed by atoms with Gasteiger partial charge in [0.05, 0.1) is 0 Å². The molecular formula is C9H16O. The normalized spacial score (nSPS) is 14.9. The highest BCUT2D eigenvalue weighted by Gasteiger charge is 1.95. The molecule has 0 aliphatic heterocycles. The number of hydrogen-bond acceptors (Lipinski definition) is 1. The van der Waals surface area contributed by atoms with Gasteiger partial charge in [0, 0.05) is 0 Å². The minimum absolute atomic E-state index is 0.551. The molecule has 0 heterocycles. The van der Waals surface area contributed by atoms with Crippen molar-refractivity contribution >= 4 is 6.29 Å². The summed E-state index contributed by atoms with van der Waals surface area (Å²) in [6.45, 7) is 6.14. The molecule has 58 valence electrons. The van der Waals surface area contributed by atoms with E-state index in [0.29, 0.717) is 5.92 Å². The van der Waals surface area contributed by atoms with Gasteiger partial charge >= 0.3 is 0 Å². The molecule has 0 amide bonds. The molecule has 0 saturated carbocycles. The third-order valence-electron chi connectivity index (χ3n) is 1.48. The Morgan fingerprint density at radius 2 is 2.20 bits per heavy atom. The summed E-state index contributed by atoms with van der Waals surface area (Å²) in [5.41, 5.74) is 0.848. The Bertz CT molecular complexity index is 125. The van der Waals surface area contributed by atoms with E-state index in [1.165, 1.54) is 12.8 Å². The highest BCUT2D eigenvalue weighted by atomic mass is 16.1. The molecule has 0 saturated heterocycles. The Kier molecular flexibility index (Phi) is 4.91. The SMILES string of the molecule is CCCC(C)C=C(C)C=O. The van der Waals surface area contributed by atoms with Crippen LogP contribution in [0, 0.1) is 5.92 Å². The largest absolute Gasteiger partial charge is 0.298 e. The first-order valence-electron chi connectivity index (χ1n) is 3.84. The predicted octanol–water partition coefficient (Wildman–Crippen LogP) is 2.57. The molecule has 1 heteroatoms. The molecule has 1 unspecified atom stereocenters. The molecule has 1 atom stereocenters. The first-order chi connectivity index (χ1) is 4.70. The van der Waals surface area contributed by atoms with Crippen LogP contribution in [0.1, 0.15) is 33.6 Å². The van der Waals surface area contributed by atoms with Crippen LogP contribution >= 0.6 is 0 Å². The average molecular weight is 140 g/mol. The molecule has 0 aromatic carbocycles. The van der Waals surface area contributed by atoms with Crippen LogP contribution in [-0.2, 0) is 4.79 Å². The molecule has 0 aromatic heterocycles. The molecule has 0 aliphatic carbocycles. The topological polar surface area (TPSA) is 17.1 Å². The van der Waals surface area contributed by atoms with E-state index < -0.39 is 0 Å². The number of hydrogen-bond donors (Lipinski definition) is 0. The van der Waals surface area contributed by atoms with Gasteiger partial charge < -0.3 is 0 Å². The lowest BCUT2D eigenvalue weighted by Crippen LogP contribution is -1.90. The first-order valence-corrected chi connectivity index (χ1v) is 3.84. The molecule has 10 heavy (non-hydrogen) atoms. The van der Waals surface area contributed by atoms with Gasteiger partial charge in [-0.1, -0.05) is 26.3 Å². The van der Waals surface area contributed by atoms with Gasteiger partial charge in [-0.2, -0.15) is 0 Å². The summed E-state index contributed by atoms with van der Waals surface area (Å²) in [5, 5.41) is 0. The maximum Gasteiger partial charge on any atom is 0.145 e. The predicted molar refractivity (Wildman–Crippen MR) is 43.9 cm³/mol. The summed E-state index contributed by atoms with van der Waals surface area (Å²) in [6.07, 6.45) is 5.29. The molecule has 0 radical (unpaired) electrons. The lowest BCUT2D eigenvalue weighted by atomic mass is 10.0. The molecule has 0 aliphatic rings. The molecule has 0 rings (SSSR count). The Labute approximate surface area is 63.1 Å². The maximum absolute atomic E-state index is 10.2. The fourth-order valence-electron chi connectivity index (χ4n) is 1.03. The van der Waals surface area contributed by atoms with Gasteiger partial charge in [-0.15, -0.1) is 0 Å². The zero-order valence-electron chi connectivity index (χ0n) is 7.05. The fraction of sp³-hybridized carbons (Fsp3) is 0.667. The van der Waals surface area contributed by atoms with Crippen molar-refractivity contribution in [1.29, 1.82) is 0 Å². The monoisotopic (exact) mass is 140 g/mol. The Morgan fingerprint density at radius 3 is 2.60 bits per heavy atom. The minimum atomic E-state index is 0.551. The van der Waals surface area contributed by atoms with Crippen molar-refractivity contribution in [2.24, 2.45) is 5.92 Å². The molecule has 0 bridgehead atoms. The van der Waals surface area contributed by atoms with Crippen molar-refractivity contribution in [2.75, 3.05) is 0 Å². The van der Waals surface area contributed by atoms with Crippen LogP contribution in [0.4, 0.5) is 0 Å². The van der Waals surface area contributed by atoms with Crippen LogP contribution < -0.4 is 0 Å². The summed E-state index contributed by atoms with van der Waals surface area (Å²) in [5.74, 6) is 0.551. The van der Waals surface area contributed by atoms with Gasteiger partial charge in [-0.3, -0.25) is 4.79 Å². The molecule has 0 spiro atoms. The molecule has 0 aromatic rings. The third-order valence-corrected chi connectivity index (χ3v) is 1.48. The van der Waals surface area contributed by atoms with Gasteiger partial charge in [0.25, 0.3) is 0 Å². The van der Waals surface area contributed by atoms with Crippen LogP contribution in [0.15, 0.2) is 11.6 Å². The lowest BCUT2D eigenvalue weighted by Gasteiger charge is -2.02. The van der Waals surface area contributed by atoms with Crippen LogP contribution in [0.5, 0.6) is 0 Å². The van der Waals surface area contributed by atoms with Gasteiger partial charge in [0.15, 0.2) is 0 Å². The Morgan fingerprint density at radius 1 is 1.60 bits per heavy atom. The van der Waals surface area contributed by atoms with Crippen LogP contribution in [0.2, 0.25) is 0 Å². The summed E-state index contributed by atoms with van der Waals surface area (Å²) in [7, 11) is 0. The van der Waals surface area contributed by atoms with Crippen LogP contribution in [0.25, 0.3) is 0 Å². The summed E-state index contributed by atoms with van der Waals surface area (Å²) in [6, 6.07) is 0. The van der Waals surface area contributed by atoms with Crippen LogP contribution in [-0.4, -0.2) is 6.29 Å². The van der Waals surface area contributed by atoms with Gasteiger partial charge in [-0.05, 0) is 24.8 Å². The number of allylic oxidation sites excluding steroid dienone is 2. The maximum atomic E-state index is 10.2. The van der Waals surface area contributed by atoms with E-state index in [2.05, 4.69) is 13.8 Å². The highest BCUT2D eigenvalue weighted by molar-refractivity contribution is 5.72. The van der Waals surface area contributed by atoms with E-state index in [0.717, 1.165) is 11.9 Å². The van der Waals surface area contributed by atoms with Crippen molar-refractivity contribution in [3.05, 3.63) is 11.6 Å². The van der Waals surface area contributed by atoms with E-state index in [1.54, 1.807) is 0 Å². The van der Waals surface area contributed by atoms with Crippen molar-refractivity contribution < 1.29 is 4.79 Å². The van der Waals surface area contributed by atoms with Crippen molar-refractivity contribution in [3.63, 3.8) is 0 Å². The smallest absolute Gasteiger partial charge is 0.145 e. The van der Waals surface area contributed by atoms with Gasteiger partial charge in [0.1, 0.15) is 6.29 Å². The number of carbonyl (C=O) groups excluding carboxylic acids is 1. The van der Waals surface area contributed by atoms with E-state index in [9.17, 15) is 4.79 Å². The minimum Gasteiger partial charge on any atom is -0.298 e. The lowest BCUT2D eigenvalue weighted by molar-refractivity contribution is -0.104. The van der Waals surface area contributed by atoms with E-state index >= 15 is 0 Å².